The molecule has 90 valence electrons. The summed E-state index contributed by atoms with van der Waals surface area (Å²) in [6.45, 7) is 4.20. The Labute approximate surface area is 102 Å². The molecule has 0 saturated heterocycles. The number of aromatic amines is 1. The molecule has 0 unspecified atom stereocenters. The molecule has 0 bridgehead atoms. The fourth-order valence-corrected chi connectivity index (χ4v) is 2.39. The summed E-state index contributed by atoms with van der Waals surface area (Å²) in [5, 5.41) is 7.20. The number of nitrogens with zero attached hydrogens (tertiary/aromatic N) is 3. The Balaban J connectivity index is 2.08. The smallest absolute Gasteiger partial charge is 0.225 e. The maximum Gasteiger partial charge on any atom is 0.225 e. The topological polar surface area (TPSA) is 36.9 Å². The molecule has 1 N–H and O–H groups in total. The van der Waals surface area contributed by atoms with Gasteiger partial charge in [-0.25, -0.2) is 5.10 Å². The summed E-state index contributed by atoms with van der Waals surface area (Å²) in [6.07, 6.45) is 5.20. The first-order chi connectivity index (χ1) is 7.72. The Hall–Kier alpha value is -0.840. The van der Waals surface area contributed by atoms with Crippen LogP contribution in [-0.2, 0) is 6.54 Å². The number of hydrogen-bond acceptors (Lipinski definition) is 3. The number of anilines is 1. The molecule has 4 nitrogen and oxygen atoms in total. The Morgan fingerprint density at radius 2 is 2.31 bits per heavy atom. The number of H-pyrrole nitrogens is 1. The van der Waals surface area contributed by atoms with Gasteiger partial charge in [0.1, 0.15) is 0 Å². The lowest BCUT2D eigenvalue weighted by Crippen LogP contribution is -2.31. The van der Waals surface area contributed by atoms with Crippen molar-refractivity contribution >= 4 is 18.2 Å². The van der Waals surface area contributed by atoms with Gasteiger partial charge in [0.15, 0.2) is 4.77 Å². The molecule has 16 heavy (non-hydrogen) atoms. The molecule has 1 aromatic rings. The highest BCUT2D eigenvalue weighted by molar-refractivity contribution is 7.71. The molecule has 1 fully saturated rings. The quantitative estimate of drug-likeness (QED) is 0.804. The first kappa shape index (κ1) is 11.6. The van der Waals surface area contributed by atoms with Gasteiger partial charge in [0.25, 0.3) is 0 Å². The van der Waals surface area contributed by atoms with Crippen molar-refractivity contribution in [3.05, 3.63) is 4.77 Å². The molecule has 0 atom stereocenters. The summed E-state index contributed by atoms with van der Waals surface area (Å²) in [7, 11) is 2.11. The van der Waals surface area contributed by atoms with Crippen LogP contribution < -0.4 is 4.90 Å². The van der Waals surface area contributed by atoms with Crippen molar-refractivity contribution in [1.29, 1.82) is 0 Å². The summed E-state index contributed by atoms with van der Waals surface area (Å²) in [5.41, 5.74) is 0. The molecule has 5 heteroatoms. The van der Waals surface area contributed by atoms with E-state index in [-0.39, 0.29) is 0 Å². The van der Waals surface area contributed by atoms with Crippen molar-refractivity contribution in [2.24, 2.45) is 5.92 Å². The van der Waals surface area contributed by atoms with Crippen LogP contribution in [0.1, 0.15) is 32.6 Å². The largest absolute Gasteiger partial charge is 0.344 e. The van der Waals surface area contributed by atoms with E-state index in [4.69, 9.17) is 12.2 Å². The molecule has 0 amide bonds. The van der Waals surface area contributed by atoms with E-state index in [0.717, 1.165) is 36.1 Å². The van der Waals surface area contributed by atoms with Crippen molar-refractivity contribution in [3.63, 3.8) is 0 Å². The molecule has 1 aromatic heterocycles. The molecule has 1 aliphatic carbocycles. The van der Waals surface area contributed by atoms with Gasteiger partial charge in [-0.05, 0) is 37.4 Å². The van der Waals surface area contributed by atoms with Crippen molar-refractivity contribution in [1.82, 2.24) is 14.8 Å². The van der Waals surface area contributed by atoms with Crippen LogP contribution in [0.2, 0.25) is 0 Å². The third kappa shape index (κ3) is 2.29. The highest BCUT2D eigenvalue weighted by atomic mass is 32.1. The van der Waals surface area contributed by atoms with E-state index in [1.54, 1.807) is 0 Å². The van der Waals surface area contributed by atoms with Crippen LogP contribution in [0, 0.1) is 10.7 Å². The lowest BCUT2D eigenvalue weighted by molar-refractivity contribution is 0.319. The molecule has 0 aromatic carbocycles. The Morgan fingerprint density at radius 3 is 2.88 bits per heavy atom. The molecule has 1 saturated carbocycles. The predicted octanol–water partition coefficient (Wildman–Crippen LogP) is 2.59. The van der Waals surface area contributed by atoms with Crippen LogP contribution in [0.25, 0.3) is 0 Å². The minimum Gasteiger partial charge on any atom is -0.344 e. The normalized spacial score (nSPS) is 16.1. The molecule has 1 heterocycles. The van der Waals surface area contributed by atoms with Gasteiger partial charge in [-0.2, -0.15) is 0 Å². The summed E-state index contributed by atoms with van der Waals surface area (Å²) in [5.74, 6) is 1.84. The van der Waals surface area contributed by atoms with Crippen molar-refractivity contribution in [2.75, 3.05) is 18.5 Å². The van der Waals surface area contributed by atoms with E-state index in [1.807, 2.05) is 0 Å². The zero-order chi connectivity index (χ0) is 11.5. The highest BCUT2D eigenvalue weighted by Crippen LogP contribution is 2.27. The fraction of sp³-hybridized carbons (Fsp3) is 0.818. The minimum atomic E-state index is 0.734. The van der Waals surface area contributed by atoms with Crippen LogP contribution in [0.4, 0.5) is 5.95 Å². The SMILES string of the molecule is CCCn1c(N(C)CC2CCC2)n[nH]c1=S. The molecule has 1 aliphatic rings. The van der Waals surface area contributed by atoms with Gasteiger partial charge in [0.05, 0.1) is 0 Å². The van der Waals surface area contributed by atoms with Gasteiger partial charge < -0.3 is 4.90 Å². The van der Waals surface area contributed by atoms with Crippen molar-refractivity contribution < 1.29 is 0 Å². The lowest BCUT2D eigenvalue weighted by atomic mass is 9.85. The summed E-state index contributed by atoms with van der Waals surface area (Å²) in [6, 6.07) is 0. The lowest BCUT2D eigenvalue weighted by Gasteiger charge is -2.30. The van der Waals surface area contributed by atoms with E-state index in [2.05, 4.69) is 33.6 Å². The van der Waals surface area contributed by atoms with E-state index < -0.39 is 0 Å². The Morgan fingerprint density at radius 1 is 1.56 bits per heavy atom. The van der Waals surface area contributed by atoms with E-state index >= 15 is 0 Å². The zero-order valence-electron chi connectivity index (χ0n) is 10.1. The summed E-state index contributed by atoms with van der Waals surface area (Å²) < 4.78 is 2.82. The Bertz CT molecular complexity index is 391. The molecular weight excluding hydrogens is 220 g/mol. The van der Waals surface area contributed by atoms with E-state index in [1.165, 1.54) is 19.3 Å². The van der Waals surface area contributed by atoms with Gasteiger partial charge in [-0.1, -0.05) is 13.3 Å². The molecule has 0 aliphatic heterocycles. The second-order valence-electron chi connectivity index (χ2n) is 4.66. The maximum atomic E-state index is 5.23. The van der Waals surface area contributed by atoms with Crippen LogP contribution in [0.5, 0.6) is 0 Å². The minimum absolute atomic E-state index is 0.734. The molecule has 2 rings (SSSR count). The average Bonchev–Trinajstić information content (AvgIpc) is 2.55. The molecule has 0 radical (unpaired) electrons. The van der Waals surface area contributed by atoms with E-state index in [0.29, 0.717) is 0 Å². The second kappa shape index (κ2) is 4.99. The highest BCUT2D eigenvalue weighted by Gasteiger charge is 2.21. The van der Waals surface area contributed by atoms with Crippen molar-refractivity contribution in [3.8, 4) is 0 Å². The van der Waals surface area contributed by atoms with Crippen LogP contribution >= 0.6 is 12.2 Å². The second-order valence-corrected chi connectivity index (χ2v) is 5.04. The summed E-state index contributed by atoms with van der Waals surface area (Å²) in [4.78, 5) is 2.23. The van der Waals surface area contributed by atoms with Gasteiger partial charge >= 0.3 is 0 Å². The van der Waals surface area contributed by atoms with E-state index in [9.17, 15) is 0 Å². The summed E-state index contributed by atoms with van der Waals surface area (Å²) >= 11 is 5.23. The third-order valence-electron chi connectivity index (χ3n) is 3.28. The monoisotopic (exact) mass is 240 g/mol. The average molecular weight is 240 g/mol. The number of aromatic nitrogens is 3. The Kier molecular flexibility index (Phi) is 3.63. The van der Waals surface area contributed by atoms with Gasteiger partial charge in [-0.15, -0.1) is 5.10 Å². The van der Waals surface area contributed by atoms with Crippen LogP contribution in [-0.4, -0.2) is 28.4 Å². The number of nitrogens with one attached hydrogen (secondary N) is 1. The fourth-order valence-electron chi connectivity index (χ4n) is 2.17. The maximum absolute atomic E-state index is 5.23. The molecular formula is C11H20N4S. The first-order valence-electron chi connectivity index (χ1n) is 6.08. The third-order valence-corrected chi connectivity index (χ3v) is 3.60. The number of rotatable bonds is 5. The van der Waals surface area contributed by atoms with Crippen molar-refractivity contribution in [2.45, 2.75) is 39.2 Å². The van der Waals surface area contributed by atoms with Crippen LogP contribution in [0.3, 0.4) is 0 Å². The number of hydrogen-bond donors (Lipinski definition) is 1. The van der Waals surface area contributed by atoms with Gasteiger partial charge in [0, 0.05) is 20.1 Å². The first-order valence-corrected chi connectivity index (χ1v) is 6.49. The van der Waals surface area contributed by atoms with Crippen LogP contribution in [0.15, 0.2) is 0 Å². The van der Waals surface area contributed by atoms with Gasteiger partial charge in [0.2, 0.25) is 5.95 Å². The predicted molar refractivity (Wildman–Crippen MR) is 68.3 cm³/mol. The molecule has 0 spiro atoms. The zero-order valence-corrected chi connectivity index (χ0v) is 10.9. The standard InChI is InChI=1S/C11H20N4S/c1-3-7-15-10(12-13-11(15)16)14(2)8-9-5-4-6-9/h9H,3-8H2,1-2H3,(H,13,16). The van der Waals surface area contributed by atoms with Gasteiger partial charge in [-0.3, -0.25) is 4.57 Å².